The van der Waals surface area contributed by atoms with Crippen LogP contribution in [0.15, 0.2) is 0 Å². The van der Waals surface area contributed by atoms with Crippen molar-refractivity contribution in [1.82, 2.24) is 0 Å². The third kappa shape index (κ3) is 8.06. The Kier molecular flexibility index (Phi) is 7.50. The third-order valence-corrected chi connectivity index (χ3v) is 3.87. The van der Waals surface area contributed by atoms with Gasteiger partial charge in [0.25, 0.3) is 0 Å². The maximum atomic E-state index is 11.4. The van der Waals surface area contributed by atoms with Crippen LogP contribution < -0.4 is 0 Å². The summed E-state index contributed by atoms with van der Waals surface area (Å²) in [6.07, 6.45) is 4.81. The first-order chi connectivity index (χ1) is 6.62. The Bertz CT molecular complexity index is 264. The van der Waals surface area contributed by atoms with E-state index in [1.165, 1.54) is 0 Å². The lowest BCUT2D eigenvalue weighted by atomic mass is 10.2. The molecule has 0 unspecified atom stereocenters. The molecule has 0 atom stereocenters. The largest absolute Gasteiger partial charge is 0.229 e. The fourth-order valence-corrected chi connectivity index (χ4v) is 2.65. The van der Waals surface area contributed by atoms with E-state index in [0.717, 1.165) is 25.7 Å². The molecule has 0 aliphatic rings. The lowest BCUT2D eigenvalue weighted by Crippen LogP contribution is -2.10. The Morgan fingerprint density at radius 1 is 1.07 bits per heavy atom. The van der Waals surface area contributed by atoms with Crippen LogP contribution in [0.4, 0.5) is 0 Å². The van der Waals surface area contributed by atoms with Gasteiger partial charge in [-0.2, -0.15) is 5.26 Å². The lowest BCUT2D eigenvalue weighted by molar-refractivity contribution is 0.587. The van der Waals surface area contributed by atoms with Crippen molar-refractivity contribution in [3.63, 3.8) is 0 Å². The minimum Gasteiger partial charge on any atom is -0.229 e. The molecule has 0 aromatic rings. The predicted octanol–water partition coefficient (Wildman–Crippen LogP) is 2.29. The van der Waals surface area contributed by atoms with E-state index in [1.54, 1.807) is 0 Å². The SMILES string of the molecule is CCCCCCS(=O)(=O)CCCC#N. The average Bonchev–Trinajstić information content (AvgIpc) is 2.13. The summed E-state index contributed by atoms with van der Waals surface area (Å²) in [4.78, 5) is 0. The molecule has 3 nitrogen and oxygen atoms in total. The summed E-state index contributed by atoms with van der Waals surface area (Å²) in [5.74, 6) is 0.463. The molecule has 82 valence electrons. The van der Waals surface area contributed by atoms with Gasteiger partial charge in [-0.1, -0.05) is 26.2 Å². The normalized spacial score (nSPS) is 11.1. The Hall–Kier alpha value is -0.560. The van der Waals surface area contributed by atoms with Gasteiger partial charge in [-0.05, 0) is 12.8 Å². The maximum Gasteiger partial charge on any atom is 0.150 e. The highest BCUT2D eigenvalue weighted by molar-refractivity contribution is 7.91. The minimum absolute atomic E-state index is 0.173. The number of hydrogen-bond acceptors (Lipinski definition) is 3. The summed E-state index contributed by atoms with van der Waals surface area (Å²) >= 11 is 0. The van der Waals surface area contributed by atoms with Crippen molar-refractivity contribution in [3.05, 3.63) is 0 Å². The molecule has 14 heavy (non-hydrogen) atoms. The monoisotopic (exact) mass is 217 g/mol. The van der Waals surface area contributed by atoms with Crippen molar-refractivity contribution >= 4 is 9.84 Å². The molecular formula is C10H19NO2S. The molecule has 0 rings (SSSR count). The molecule has 0 amide bonds. The molecule has 0 heterocycles. The Labute approximate surface area is 87.0 Å². The van der Waals surface area contributed by atoms with Crippen molar-refractivity contribution in [2.75, 3.05) is 11.5 Å². The first-order valence-corrected chi connectivity index (χ1v) is 7.02. The smallest absolute Gasteiger partial charge is 0.150 e. The summed E-state index contributed by atoms with van der Waals surface area (Å²) < 4.78 is 22.7. The van der Waals surface area contributed by atoms with Gasteiger partial charge in [0, 0.05) is 6.42 Å². The van der Waals surface area contributed by atoms with Crippen LogP contribution in [0.5, 0.6) is 0 Å². The van der Waals surface area contributed by atoms with Crippen LogP contribution in [-0.2, 0) is 9.84 Å². The van der Waals surface area contributed by atoms with E-state index in [1.807, 2.05) is 6.07 Å². The quantitative estimate of drug-likeness (QED) is 0.586. The van der Waals surface area contributed by atoms with Gasteiger partial charge < -0.3 is 0 Å². The third-order valence-electron chi connectivity index (χ3n) is 2.05. The standard InChI is InChI=1S/C10H19NO2S/c1-2-3-4-6-9-14(12,13)10-7-5-8-11/h2-7,9-10H2,1H3. The van der Waals surface area contributed by atoms with E-state index in [2.05, 4.69) is 6.92 Å². The number of unbranched alkanes of at least 4 members (excludes halogenated alkanes) is 4. The average molecular weight is 217 g/mol. The van der Waals surface area contributed by atoms with Crippen LogP contribution in [0.3, 0.4) is 0 Å². The molecule has 0 saturated carbocycles. The van der Waals surface area contributed by atoms with Gasteiger partial charge in [-0.25, -0.2) is 8.42 Å². The minimum atomic E-state index is -2.89. The van der Waals surface area contributed by atoms with Crippen LogP contribution in [0.2, 0.25) is 0 Å². The molecular weight excluding hydrogens is 198 g/mol. The van der Waals surface area contributed by atoms with Gasteiger partial charge in [0.1, 0.15) is 9.84 Å². The molecule has 0 aliphatic carbocycles. The molecule has 0 bridgehead atoms. The molecule has 0 aromatic carbocycles. The zero-order chi connectivity index (χ0) is 10.9. The zero-order valence-electron chi connectivity index (χ0n) is 8.83. The van der Waals surface area contributed by atoms with Gasteiger partial charge in [-0.3, -0.25) is 0 Å². The second-order valence-electron chi connectivity index (χ2n) is 3.47. The molecule has 0 aromatic heterocycles. The van der Waals surface area contributed by atoms with Gasteiger partial charge in [0.2, 0.25) is 0 Å². The number of sulfone groups is 1. The first-order valence-electron chi connectivity index (χ1n) is 5.19. The fourth-order valence-electron chi connectivity index (χ4n) is 1.22. The Morgan fingerprint density at radius 2 is 1.71 bits per heavy atom. The molecule has 0 saturated heterocycles. The van der Waals surface area contributed by atoms with E-state index in [0.29, 0.717) is 18.6 Å². The van der Waals surface area contributed by atoms with Crippen LogP contribution in [-0.4, -0.2) is 19.9 Å². The van der Waals surface area contributed by atoms with Crippen molar-refractivity contribution in [1.29, 1.82) is 5.26 Å². The lowest BCUT2D eigenvalue weighted by Gasteiger charge is -2.01. The van der Waals surface area contributed by atoms with E-state index in [-0.39, 0.29) is 5.75 Å². The van der Waals surface area contributed by atoms with E-state index in [4.69, 9.17) is 5.26 Å². The van der Waals surface area contributed by atoms with Gasteiger partial charge in [-0.15, -0.1) is 0 Å². The highest BCUT2D eigenvalue weighted by atomic mass is 32.2. The summed E-state index contributed by atoms with van der Waals surface area (Å²) in [5.41, 5.74) is 0. The van der Waals surface area contributed by atoms with Crippen molar-refractivity contribution in [2.45, 2.75) is 45.4 Å². The van der Waals surface area contributed by atoms with E-state index < -0.39 is 9.84 Å². The predicted molar refractivity (Wildman–Crippen MR) is 57.6 cm³/mol. The Balaban J connectivity index is 3.58. The Morgan fingerprint density at radius 3 is 2.29 bits per heavy atom. The summed E-state index contributed by atoms with van der Waals surface area (Å²) in [6.45, 7) is 2.10. The first kappa shape index (κ1) is 13.4. The molecule has 4 heteroatoms. The van der Waals surface area contributed by atoms with Crippen LogP contribution in [0.1, 0.15) is 45.4 Å². The topological polar surface area (TPSA) is 57.9 Å². The second kappa shape index (κ2) is 7.81. The van der Waals surface area contributed by atoms with E-state index >= 15 is 0 Å². The van der Waals surface area contributed by atoms with Crippen LogP contribution >= 0.6 is 0 Å². The summed E-state index contributed by atoms with van der Waals surface area (Å²) in [6, 6.07) is 1.95. The van der Waals surface area contributed by atoms with Crippen LogP contribution in [0.25, 0.3) is 0 Å². The van der Waals surface area contributed by atoms with Gasteiger partial charge >= 0.3 is 0 Å². The highest BCUT2D eigenvalue weighted by Crippen LogP contribution is 2.04. The highest BCUT2D eigenvalue weighted by Gasteiger charge is 2.09. The molecule has 0 radical (unpaired) electrons. The molecule has 0 fully saturated rings. The fraction of sp³-hybridized carbons (Fsp3) is 0.900. The summed E-state index contributed by atoms with van der Waals surface area (Å²) in [7, 11) is -2.89. The zero-order valence-corrected chi connectivity index (χ0v) is 9.65. The summed E-state index contributed by atoms with van der Waals surface area (Å²) in [5, 5.41) is 8.26. The van der Waals surface area contributed by atoms with Gasteiger partial charge in [0.15, 0.2) is 0 Å². The molecule has 0 aliphatic heterocycles. The van der Waals surface area contributed by atoms with Crippen molar-refractivity contribution < 1.29 is 8.42 Å². The molecule has 0 spiro atoms. The van der Waals surface area contributed by atoms with Crippen molar-refractivity contribution in [3.8, 4) is 6.07 Å². The number of nitrogens with zero attached hydrogens (tertiary/aromatic N) is 1. The number of rotatable bonds is 8. The van der Waals surface area contributed by atoms with Gasteiger partial charge in [0.05, 0.1) is 17.6 Å². The maximum absolute atomic E-state index is 11.4. The second-order valence-corrected chi connectivity index (χ2v) is 5.78. The van der Waals surface area contributed by atoms with E-state index in [9.17, 15) is 8.42 Å². The number of nitriles is 1. The van der Waals surface area contributed by atoms with Crippen molar-refractivity contribution in [2.24, 2.45) is 0 Å². The molecule has 0 N–H and O–H groups in total. The number of hydrogen-bond donors (Lipinski definition) is 0. The van der Waals surface area contributed by atoms with Crippen LogP contribution in [0, 0.1) is 11.3 Å².